The second-order valence-corrected chi connectivity index (χ2v) is 7.61. The number of hydrogen-bond donors (Lipinski definition) is 2. The SMILES string of the molecule is O=C(Nc1ccc(F)cc1)c1cccc(NC(=O)c2cccc(OCCc3ccccc3)c2)c1. The molecule has 0 spiro atoms. The maximum absolute atomic E-state index is 13.1. The lowest BCUT2D eigenvalue weighted by Crippen LogP contribution is -2.15. The molecular weight excluding hydrogens is 431 g/mol. The van der Waals surface area contributed by atoms with Gasteiger partial charge in [-0.2, -0.15) is 0 Å². The third kappa shape index (κ3) is 6.29. The predicted molar refractivity (Wildman–Crippen MR) is 131 cm³/mol. The van der Waals surface area contributed by atoms with Crippen LogP contribution in [0.2, 0.25) is 0 Å². The van der Waals surface area contributed by atoms with Crippen molar-refractivity contribution in [3.05, 3.63) is 126 Å². The molecule has 0 aliphatic carbocycles. The first-order valence-electron chi connectivity index (χ1n) is 10.8. The van der Waals surface area contributed by atoms with Crippen LogP contribution in [-0.2, 0) is 6.42 Å². The number of ether oxygens (including phenoxy) is 1. The van der Waals surface area contributed by atoms with E-state index in [0.29, 0.717) is 34.9 Å². The first kappa shape index (κ1) is 22.7. The average molecular weight is 455 g/mol. The Balaban J connectivity index is 1.36. The molecule has 0 aromatic heterocycles. The highest BCUT2D eigenvalue weighted by molar-refractivity contribution is 6.07. The van der Waals surface area contributed by atoms with Gasteiger partial charge in [-0.15, -0.1) is 0 Å². The molecule has 0 saturated heterocycles. The van der Waals surface area contributed by atoms with E-state index < -0.39 is 0 Å². The van der Waals surface area contributed by atoms with Crippen molar-refractivity contribution < 1.29 is 18.7 Å². The Morgan fingerprint density at radius 1 is 0.676 bits per heavy atom. The highest BCUT2D eigenvalue weighted by atomic mass is 19.1. The van der Waals surface area contributed by atoms with Crippen molar-refractivity contribution in [2.24, 2.45) is 0 Å². The standard InChI is InChI=1S/C28H23FN2O3/c29-23-12-14-24(15-13-23)30-27(32)21-8-4-10-25(18-21)31-28(33)22-9-5-11-26(19-22)34-17-16-20-6-2-1-3-7-20/h1-15,18-19H,16-17H2,(H,30,32)(H,31,33). The van der Waals surface area contributed by atoms with Gasteiger partial charge in [-0.25, -0.2) is 4.39 Å². The molecular formula is C28H23FN2O3. The molecule has 0 unspecified atom stereocenters. The van der Waals surface area contributed by atoms with Gasteiger partial charge in [-0.3, -0.25) is 9.59 Å². The number of nitrogens with one attached hydrogen (secondary N) is 2. The van der Waals surface area contributed by atoms with Crippen LogP contribution >= 0.6 is 0 Å². The summed E-state index contributed by atoms with van der Waals surface area (Å²) in [4.78, 5) is 25.3. The van der Waals surface area contributed by atoms with Crippen LogP contribution in [0, 0.1) is 5.82 Å². The Hall–Kier alpha value is -4.45. The minimum Gasteiger partial charge on any atom is -0.493 e. The van der Waals surface area contributed by atoms with Crippen molar-refractivity contribution >= 4 is 23.2 Å². The zero-order chi connectivity index (χ0) is 23.8. The van der Waals surface area contributed by atoms with Gasteiger partial charge in [0.15, 0.2) is 0 Å². The molecule has 0 fully saturated rings. The smallest absolute Gasteiger partial charge is 0.255 e. The predicted octanol–water partition coefficient (Wildman–Crippen LogP) is 5.95. The molecule has 0 radical (unpaired) electrons. The highest BCUT2D eigenvalue weighted by Gasteiger charge is 2.11. The summed E-state index contributed by atoms with van der Waals surface area (Å²) in [6.45, 7) is 0.500. The van der Waals surface area contributed by atoms with E-state index in [4.69, 9.17) is 4.74 Å². The molecule has 4 aromatic rings. The minimum atomic E-state index is -0.381. The van der Waals surface area contributed by atoms with Crippen LogP contribution in [0.3, 0.4) is 0 Å². The second kappa shape index (κ2) is 10.9. The summed E-state index contributed by atoms with van der Waals surface area (Å²) in [7, 11) is 0. The van der Waals surface area contributed by atoms with E-state index in [1.54, 1.807) is 42.5 Å². The van der Waals surface area contributed by atoms with Gasteiger partial charge in [-0.05, 0) is 66.2 Å². The van der Waals surface area contributed by atoms with E-state index >= 15 is 0 Å². The fourth-order valence-corrected chi connectivity index (χ4v) is 3.34. The van der Waals surface area contributed by atoms with E-state index in [1.807, 2.05) is 36.4 Å². The van der Waals surface area contributed by atoms with Crippen LogP contribution in [0.25, 0.3) is 0 Å². The van der Waals surface area contributed by atoms with Crippen molar-refractivity contribution in [1.82, 2.24) is 0 Å². The number of hydrogen-bond acceptors (Lipinski definition) is 3. The molecule has 4 aromatic carbocycles. The van der Waals surface area contributed by atoms with Crippen molar-refractivity contribution in [1.29, 1.82) is 0 Å². The number of amides is 2. The molecule has 0 atom stereocenters. The topological polar surface area (TPSA) is 67.4 Å². The van der Waals surface area contributed by atoms with Gasteiger partial charge < -0.3 is 15.4 Å². The van der Waals surface area contributed by atoms with Crippen LogP contribution in [0.15, 0.2) is 103 Å². The fourth-order valence-electron chi connectivity index (χ4n) is 3.34. The number of rotatable bonds is 8. The van der Waals surface area contributed by atoms with Crippen LogP contribution in [0.4, 0.5) is 15.8 Å². The molecule has 0 aliphatic rings. The van der Waals surface area contributed by atoms with Gasteiger partial charge in [0.2, 0.25) is 0 Å². The van der Waals surface area contributed by atoms with Crippen LogP contribution in [0.5, 0.6) is 5.75 Å². The Morgan fingerprint density at radius 3 is 2.06 bits per heavy atom. The number of carbonyl (C=O) groups excluding carboxylic acids is 2. The monoisotopic (exact) mass is 454 g/mol. The Kier molecular flexibility index (Phi) is 7.30. The maximum atomic E-state index is 13.1. The van der Waals surface area contributed by atoms with E-state index in [2.05, 4.69) is 10.6 Å². The summed E-state index contributed by atoms with van der Waals surface area (Å²) in [6, 6.07) is 29.1. The molecule has 6 heteroatoms. The summed E-state index contributed by atoms with van der Waals surface area (Å²) in [6.07, 6.45) is 0.768. The lowest BCUT2D eigenvalue weighted by atomic mass is 10.1. The van der Waals surface area contributed by atoms with Gasteiger partial charge in [-0.1, -0.05) is 42.5 Å². The van der Waals surface area contributed by atoms with E-state index in [-0.39, 0.29) is 17.6 Å². The fraction of sp³-hybridized carbons (Fsp3) is 0.0714. The molecule has 0 bridgehead atoms. The lowest BCUT2D eigenvalue weighted by molar-refractivity contribution is 0.101. The van der Waals surface area contributed by atoms with E-state index in [1.165, 1.54) is 29.8 Å². The van der Waals surface area contributed by atoms with Gasteiger partial charge in [0, 0.05) is 28.9 Å². The summed E-state index contributed by atoms with van der Waals surface area (Å²) >= 11 is 0. The van der Waals surface area contributed by atoms with Gasteiger partial charge >= 0.3 is 0 Å². The third-order valence-electron chi connectivity index (χ3n) is 5.08. The summed E-state index contributed by atoms with van der Waals surface area (Å²) < 4.78 is 18.9. The van der Waals surface area contributed by atoms with Crippen LogP contribution in [-0.4, -0.2) is 18.4 Å². The first-order chi connectivity index (χ1) is 16.6. The summed E-state index contributed by atoms with van der Waals surface area (Å²) in [5, 5.41) is 5.51. The largest absolute Gasteiger partial charge is 0.493 e. The molecule has 5 nitrogen and oxygen atoms in total. The molecule has 0 heterocycles. The Morgan fingerprint density at radius 2 is 1.32 bits per heavy atom. The molecule has 0 saturated carbocycles. The zero-order valence-electron chi connectivity index (χ0n) is 18.3. The van der Waals surface area contributed by atoms with Gasteiger partial charge in [0.25, 0.3) is 11.8 Å². The highest BCUT2D eigenvalue weighted by Crippen LogP contribution is 2.18. The van der Waals surface area contributed by atoms with Crippen LogP contribution < -0.4 is 15.4 Å². The molecule has 0 aliphatic heterocycles. The third-order valence-corrected chi connectivity index (χ3v) is 5.08. The zero-order valence-corrected chi connectivity index (χ0v) is 18.3. The lowest BCUT2D eigenvalue weighted by Gasteiger charge is -2.10. The maximum Gasteiger partial charge on any atom is 0.255 e. The molecule has 34 heavy (non-hydrogen) atoms. The minimum absolute atomic E-state index is 0.315. The van der Waals surface area contributed by atoms with Crippen molar-refractivity contribution in [3.8, 4) is 5.75 Å². The molecule has 2 N–H and O–H groups in total. The average Bonchev–Trinajstić information content (AvgIpc) is 2.86. The number of carbonyl (C=O) groups is 2. The van der Waals surface area contributed by atoms with E-state index in [0.717, 1.165) is 6.42 Å². The molecule has 170 valence electrons. The first-order valence-corrected chi connectivity index (χ1v) is 10.8. The molecule has 4 rings (SSSR count). The molecule has 2 amide bonds. The number of anilines is 2. The quantitative estimate of drug-likeness (QED) is 0.346. The summed E-state index contributed by atoms with van der Waals surface area (Å²) in [5.74, 6) is -0.453. The van der Waals surface area contributed by atoms with E-state index in [9.17, 15) is 14.0 Å². The Labute approximate surface area is 197 Å². The number of benzene rings is 4. The van der Waals surface area contributed by atoms with Crippen molar-refractivity contribution in [2.75, 3.05) is 17.2 Å². The Bertz CT molecular complexity index is 1270. The second-order valence-electron chi connectivity index (χ2n) is 7.61. The van der Waals surface area contributed by atoms with Crippen LogP contribution in [0.1, 0.15) is 26.3 Å². The van der Waals surface area contributed by atoms with Crippen molar-refractivity contribution in [3.63, 3.8) is 0 Å². The summed E-state index contributed by atoms with van der Waals surface area (Å²) in [5.41, 5.74) is 2.94. The normalized spacial score (nSPS) is 10.4. The van der Waals surface area contributed by atoms with Gasteiger partial charge in [0.05, 0.1) is 6.61 Å². The number of halogens is 1. The van der Waals surface area contributed by atoms with Crippen molar-refractivity contribution in [2.45, 2.75) is 6.42 Å². The van der Waals surface area contributed by atoms with Gasteiger partial charge in [0.1, 0.15) is 11.6 Å².